The van der Waals surface area contributed by atoms with Gasteiger partial charge >= 0.3 is 0 Å². The molecule has 3 aromatic rings. The molecule has 0 radical (unpaired) electrons. The van der Waals surface area contributed by atoms with Crippen molar-refractivity contribution in [3.63, 3.8) is 0 Å². The zero-order valence-corrected chi connectivity index (χ0v) is 19.1. The number of hydrogen-bond acceptors (Lipinski definition) is 3. The second-order valence-corrected chi connectivity index (χ2v) is 9.28. The average molecular weight is 434 g/mol. The Balaban J connectivity index is 1.30. The minimum absolute atomic E-state index is 0.192. The molecule has 2 aliphatic heterocycles. The number of aromatic nitrogens is 1. The molecule has 1 fully saturated rings. The fourth-order valence-corrected chi connectivity index (χ4v) is 5.25. The molecule has 2 aliphatic rings. The number of piperazine rings is 1. The van der Waals surface area contributed by atoms with Crippen LogP contribution in [0.15, 0.2) is 42.5 Å². The van der Waals surface area contributed by atoms with Gasteiger partial charge in [-0.3, -0.25) is 10.3 Å². The molecule has 0 aliphatic carbocycles. The molecule has 5 rings (SSSR count). The van der Waals surface area contributed by atoms with Crippen LogP contribution < -0.4 is 4.90 Å². The van der Waals surface area contributed by atoms with E-state index >= 15 is 0 Å². The largest absolute Gasteiger partial charge is 0.347 e. The summed E-state index contributed by atoms with van der Waals surface area (Å²) in [4.78, 5) is 6.89. The molecular weight excluding hydrogens is 401 g/mol. The Labute approximate surface area is 189 Å². The molecule has 3 heterocycles. The fourth-order valence-electron chi connectivity index (χ4n) is 5.25. The molecule has 168 valence electrons. The summed E-state index contributed by atoms with van der Waals surface area (Å²) in [5.41, 5.74) is 6.45. The molecule has 1 saturated heterocycles. The van der Waals surface area contributed by atoms with E-state index in [4.69, 9.17) is 5.41 Å². The van der Waals surface area contributed by atoms with Gasteiger partial charge in [-0.1, -0.05) is 18.2 Å². The van der Waals surface area contributed by atoms with E-state index in [1.807, 2.05) is 12.1 Å². The summed E-state index contributed by atoms with van der Waals surface area (Å²) >= 11 is 0. The van der Waals surface area contributed by atoms with Crippen LogP contribution in [0.25, 0.3) is 10.9 Å². The molecular formula is C26H32FN5. The summed E-state index contributed by atoms with van der Waals surface area (Å²) in [6, 6.07) is 13.5. The first kappa shape index (κ1) is 21.2. The van der Waals surface area contributed by atoms with Gasteiger partial charge < -0.3 is 14.4 Å². The van der Waals surface area contributed by atoms with Gasteiger partial charge in [0, 0.05) is 50.0 Å². The van der Waals surface area contributed by atoms with Gasteiger partial charge in [-0.15, -0.1) is 0 Å². The van der Waals surface area contributed by atoms with E-state index < -0.39 is 0 Å². The number of amidine groups is 1. The molecule has 0 amide bonds. The molecule has 1 N–H and O–H groups in total. The topological polar surface area (TPSA) is 38.5 Å². The molecule has 0 saturated carbocycles. The predicted octanol–water partition coefficient (Wildman–Crippen LogP) is 4.04. The normalized spacial score (nSPS) is 18.2. The van der Waals surface area contributed by atoms with E-state index in [1.165, 1.54) is 40.7 Å². The molecule has 32 heavy (non-hydrogen) atoms. The van der Waals surface area contributed by atoms with E-state index in [1.54, 1.807) is 0 Å². The lowest BCUT2D eigenvalue weighted by Gasteiger charge is -2.36. The van der Waals surface area contributed by atoms with Crippen LogP contribution in [0.2, 0.25) is 0 Å². The van der Waals surface area contributed by atoms with Crippen molar-refractivity contribution < 1.29 is 4.39 Å². The summed E-state index contributed by atoms with van der Waals surface area (Å²) in [5, 5.41) is 10.0. The number of benzene rings is 2. The van der Waals surface area contributed by atoms with Gasteiger partial charge in [-0.25, -0.2) is 4.39 Å². The number of nitrogens with zero attached hydrogens (tertiary/aromatic N) is 4. The van der Waals surface area contributed by atoms with Crippen LogP contribution in [0.4, 0.5) is 10.1 Å². The van der Waals surface area contributed by atoms with Crippen molar-refractivity contribution in [2.24, 2.45) is 7.05 Å². The summed E-state index contributed by atoms with van der Waals surface area (Å²) in [6.07, 6.45) is 3.21. The predicted molar refractivity (Wildman–Crippen MR) is 129 cm³/mol. The molecule has 5 nitrogen and oxygen atoms in total. The lowest BCUT2D eigenvalue weighted by molar-refractivity contribution is 0.307. The van der Waals surface area contributed by atoms with Gasteiger partial charge in [0.2, 0.25) is 0 Å². The molecule has 0 bridgehead atoms. The average Bonchev–Trinajstić information content (AvgIpc) is 2.92. The van der Waals surface area contributed by atoms with Gasteiger partial charge in [0.05, 0.1) is 12.1 Å². The lowest BCUT2D eigenvalue weighted by atomic mass is 10.1. The standard InChI is InChI=1S/C26H32FN5/c1-29-12-3-4-24-23(17-29)22-10-9-21(16-25(22)30(24)2)32-15-14-31(18-26(32)28)13-11-19-5-7-20(27)8-6-19/h5-10,16,28H,3-4,11-15,17-18H2,1-2H3. The first-order chi connectivity index (χ1) is 15.5. The highest BCUT2D eigenvalue weighted by Gasteiger charge is 2.24. The Bertz CT molecular complexity index is 1130. The Morgan fingerprint density at radius 2 is 1.78 bits per heavy atom. The number of rotatable bonds is 4. The van der Waals surface area contributed by atoms with Crippen LogP contribution in [0.5, 0.6) is 0 Å². The molecule has 6 heteroatoms. The summed E-state index contributed by atoms with van der Waals surface area (Å²) in [7, 11) is 4.40. The van der Waals surface area contributed by atoms with E-state index in [9.17, 15) is 4.39 Å². The molecule has 0 unspecified atom stereocenters. The van der Waals surface area contributed by atoms with Crippen molar-refractivity contribution in [3.8, 4) is 0 Å². The maximum absolute atomic E-state index is 13.1. The van der Waals surface area contributed by atoms with E-state index in [-0.39, 0.29) is 5.82 Å². The third-order valence-corrected chi connectivity index (χ3v) is 7.08. The Kier molecular flexibility index (Phi) is 5.74. The minimum Gasteiger partial charge on any atom is -0.347 e. The van der Waals surface area contributed by atoms with Crippen LogP contribution in [-0.4, -0.2) is 60.0 Å². The third-order valence-electron chi connectivity index (χ3n) is 7.08. The second-order valence-electron chi connectivity index (χ2n) is 9.28. The number of anilines is 1. The number of fused-ring (bicyclic) bond motifs is 3. The van der Waals surface area contributed by atoms with E-state index in [0.717, 1.165) is 56.8 Å². The lowest BCUT2D eigenvalue weighted by Crippen LogP contribution is -2.50. The number of halogens is 1. The van der Waals surface area contributed by atoms with E-state index in [2.05, 4.69) is 51.6 Å². The fraction of sp³-hybridized carbons (Fsp3) is 0.423. The van der Waals surface area contributed by atoms with E-state index in [0.29, 0.717) is 12.4 Å². The van der Waals surface area contributed by atoms with Gasteiger partial charge in [0.15, 0.2) is 0 Å². The maximum Gasteiger partial charge on any atom is 0.123 e. The Morgan fingerprint density at radius 3 is 2.56 bits per heavy atom. The van der Waals surface area contributed by atoms with Gasteiger partial charge in [0.1, 0.15) is 11.7 Å². The molecule has 0 spiro atoms. The Morgan fingerprint density at radius 1 is 0.969 bits per heavy atom. The highest BCUT2D eigenvalue weighted by atomic mass is 19.1. The van der Waals surface area contributed by atoms with Crippen LogP contribution in [0, 0.1) is 11.2 Å². The van der Waals surface area contributed by atoms with Crippen molar-refractivity contribution in [1.82, 2.24) is 14.4 Å². The maximum atomic E-state index is 13.1. The summed E-state index contributed by atoms with van der Waals surface area (Å²) < 4.78 is 15.5. The highest BCUT2D eigenvalue weighted by Crippen LogP contribution is 2.32. The number of nitrogens with one attached hydrogen (secondary N) is 1. The van der Waals surface area contributed by atoms with Crippen LogP contribution in [0.1, 0.15) is 23.2 Å². The quantitative estimate of drug-likeness (QED) is 0.675. The van der Waals surface area contributed by atoms with Crippen LogP contribution >= 0.6 is 0 Å². The molecule has 2 aromatic carbocycles. The van der Waals surface area contributed by atoms with Gasteiger partial charge in [-0.05, 0) is 68.2 Å². The van der Waals surface area contributed by atoms with Crippen LogP contribution in [0.3, 0.4) is 0 Å². The zero-order valence-electron chi connectivity index (χ0n) is 19.1. The van der Waals surface area contributed by atoms with Crippen LogP contribution in [-0.2, 0) is 26.4 Å². The monoisotopic (exact) mass is 433 g/mol. The SMILES string of the molecule is CN1CCCc2c(c3ccc(N4CCN(CCc5ccc(F)cc5)CC4=N)cc3n2C)C1. The second kappa shape index (κ2) is 8.68. The van der Waals surface area contributed by atoms with Crippen molar-refractivity contribution in [2.75, 3.05) is 44.7 Å². The van der Waals surface area contributed by atoms with Gasteiger partial charge in [-0.2, -0.15) is 0 Å². The Hall–Kier alpha value is -2.70. The minimum atomic E-state index is -0.192. The number of hydrogen-bond donors (Lipinski definition) is 1. The van der Waals surface area contributed by atoms with Crippen molar-refractivity contribution >= 4 is 22.4 Å². The van der Waals surface area contributed by atoms with Crippen molar-refractivity contribution in [3.05, 3.63) is 65.1 Å². The van der Waals surface area contributed by atoms with Crippen molar-refractivity contribution in [2.45, 2.75) is 25.8 Å². The highest BCUT2D eigenvalue weighted by molar-refractivity contribution is 6.00. The first-order valence-electron chi connectivity index (χ1n) is 11.6. The van der Waals surface area contributed by atoms with Crippen molar-refractivity contribution in [1.29, 1.82) is 5.41 Å². The number of aryl methyl sites for hydroxylation is 1. The van der Waals surface area contributed by atoms with Gasteiger partial charge in [0.25, 0.3) is 0 Å². The molecule has 1 aromatic heterocycles. The summed E-state index contributed by atoms with van der Waals surface area (Å²) in [6.45, 7) is 5.44. The molecule has 0 atom stereocenters. The zero-order chi connectivity index (χ0) is 22.2. The summed E-state index contributed by atoms with van der Waals surface area (Å²) in [5.74, 6) is 0.452. The first-order valence-corrected chi connectivity index (χ1v) is 11.6. The third kappa shape index (κ3) is 4.05. The smallest absolute Gasteiger partial charge is 0.123 e.